The Hall–Kier alpha value is -3.41. The maximum absolute atomic E-state index is 13.7. The topological polar surface area (TPSA) is 190 Å². The van der Waals surface area contributed by atoms with Crippen molar-refractivity contribution in [1.29, 1.82) is 0 Å². The van der Waals surface area contributed by atoms with Gasteiger partial charge in [-0.25, -0.2) is 0 Å². The van der Waals surface area contributed by atoms with E-state index in [4.69, 9.17) is 17.3 Å². The summed E-state index contributed by atoms with van der Waals surface area (Å²) in [4.78, 5) is 51.7. The Bertz CT molecular complexity index is 1280. The predicted octanol–water partition coefficient (Wildman–Crippen LogP) is 1.21. The number of carbonyl (C=O) groups excluding carboxylic acids is 4. The van der Waals surface area contributed by atoms with Crippen molar-refractivity contribution in [2.75, 3.05) is 19.4 Å². The average Bonchev–Trinajstić information content (AvgIpc) is 2.72. The number of phenolic OH excluding ortho intramolecular Hbond substituents is 1. The number of rotatable bonds is 3. The van der Waals surface area contributed by atoms with E-state index in [0.717, 1.165) is 0 Å². The van der Waals surface area contributed by atoms with Gasteiger partial charge >= 0.3 is 0 Å². The predicted molar refractivity (Wildman–Crippen MR) is 130 cm³/mol. The number of nitrogens with one attached hydrogen (secondary N) is 1. The number of primary amides is 1. The monoisotopic (exact) mass is 521 g/mol. The van der Waals surface area contributed by atoms with E-state index in [-0.39, 0.29) is 42.1 Å². The van der Waals surface area contributed by atoms with Crippen LogP contribution in [0.3, 0.4) is 0 Å². The van der Waals surface area contributed by atoms with Crippen molar-refractivity contribution in [3.63, 3.8) is 0 Å². The van der Waals surface area contributed by atoms with E-state index in [1.165, 1.54) is 32.0 Å². The minimum atomic E-state index is -2.72. The quantitative estimate of drug-likeness (QED) is 0.250. The third kappa shape index (κ3) is 3.57. The first-order valence-corrected chi connectivity index (χ1v) is 11.1. The summed E-state index contributed by atoms with van der Waals surface area (Å²) in [7, 11) is 3.05. The number of benzene rings is 1. The molecule has 11 nitrogen and oxygen atoms in total. The lowest BCUT2D eigenvalue weighted by Crippen LogP contribution is -2.65. The number of amides is 2. The van der Waals surface area contributed by atoms with Gasteiger partial charge in [-0.1, -0.05) is 19.0 Å². The summed E-state index contributed by atoms with van der Waals surface area (Å²) in [5.74, 6) is -8.05. The Kier molecular flexibility index (Phi) is 6.73. The molecular formula is C24H28ClN3O8. The second-order valence-electron chi connectivity index (χ2n) is 9.26. The Morgan fingerprint density at radius 3 is 2.36 bits per heavy atom. The Morgan fingerprint density at radius 1 is 1.22 bits per heavy atom. The molecule has 1 saturated carbocycles. The van der Waals surface area contributed by atoms with Crippen LogP contribution in [0, 0.1) is 11.8 Å². The SMILES string of the molecule is C.CC(=O)Nc1c(Cl)cc2c(c1O)C(O)=C1C(=O)[C@]3(O)C(O)=C(C(N)=O)C(=O)[C@@H](N(C)C)[C@@H]3C[C@@H]1C2. The standard InChI is InChI=1S/C23H24ClN3O8.CH4/c1-7(28)26-15-11(24)6-9-4-8-5-10-16(27(2)3)19(31)14(22(25)34)21(33)23(10,35)20(32)13(8)17(29)12(9)18(15)30;/h6,8,10,16,29-30,33,35H,4-5H2,1-3H3,(H2,25,34)(H,26,28);1H4/t8-,10-,16-,23-;/m0./s1. The lowest BCUT2D eigenvalue weighted by molar-refractivity contribution is -0.153. The van der Waals surface area contributed by atoms with Gasteiger partial charge in [-0.3, -0.25) is 24.1 Å². The lowest BCUT2D eigenvalue weighted by atomic mass is 9.57. The van der Waals surface area contributed by atoms with Crippen molar-refractivity contribution < 1.29 is 39.6 Å². The van der Waals surface area contributed by atoms with E-state index in [0.29, 0.717) is 5.56 Å². The van der Waals surface area contributed by atoms with Crippen molar-refractivity contribution in [2.45, 2.75) is 38.8 Å². The van der Waals surface area contributed by atoms with E-state index in [2.05, 4.69) is 5.32 Å². The fourth-order valence-electron chi connectivity index (χ4n) is 5.56. The second-order valence-corrected chi connectivity index (χ2v) is 9.67. The molecule has 0 heterocycles. The van der Waals surface area contributed by atoms with Crippen LogP contribution < -0.4 is 11.1 Å². The van der Waals surface area contributed by atoms with Gasteiger partial charge in [0.15, 0.2) is 17.1 Å². The number of aliphatic hydroxyl groups is 3. The zero-order valence-corrected chi connectivity index (χ0v) is 19.8. The van der Waals surface area contributed by atoms with Crippen molar-refractivity contribution >= 4 is 46.4 Å². The Balaban J connectivity index is 0.00000361. The molecule has 3 aliphatic carbocycles. The number of hydrogen-bond acceptors (Lipinski definition) is 9. The number of fused-ring (bicyclic) bond motifs is 3. The second kappa shape index (κ2) is 8.91. The molecular weight excluding hydrogens is 494 g/mol. The van der Waals surface area contributed by atoms with Gasteiger partial charge in [0, 0.05) is 18.4 Å². The van der Waals surface area contributed by atoms with Crippen molar-refractivity contribution in [1.82, 2.24) is 4.90 Å². The van der Waals surface area contributed by atoms with Gasteiger partial charge < -0.3 is 31.5 Å². The summed E-state index contributed by atoms with van der Waals surface area (Å²) in [5.41, 5.74) is 1.46. The number of hydrogen-bond donors (Lipinski definition) is 6. The number of likely N-dealkylation sites (N-methyl/N-ethyl adjacent to an activating group) is 1. The number of Topliss-reactive ketones (excluding diaryl/α,β-unsaturated/α-hetero) is 2. The molecule has 0 unspecified atom stereocenters. The molecule has 2 amide bonds. The van der Waals surface area contributed by atoms with E-state index in [1.807, 2.05) is 0 Å². The van der Waals surface area contributed by atoms with Crippen molar-refractivity contribution in [3.05, 3.63) is 39.1 Å². The molecule has 12 heteroatoms. The molecule has 36 heavy (non-hydrogen) atoms. The first kappa shape index (κ1) is 27.2. The minimum Gasteiger partial charge on any atom is -0.508 e. The van der Waals surface area contributed by atoms with Crippen LogP contribution in [0.4, 0.5) is 5.69 Å². The molecule has 1 fully saturated rings. The smallest absolute Gasteiger partial charge is 0.255 e. The molecule has 4 rings (SSSR count). The molecule has 0 aliphatic heterocycles. The van der Waals surface area contributed by atoms with Crippen molar-refractivity contribution in [3.8, 4) is 5.75 Å². The maximum Gasteiger partial charge on any atom is 0.255 e. The largest absolute Gasteiger partial charge is 0.508 e. The summed E-state index contributed by atoms with van der Waals surface area (Å²) in [6.07, 6.45) is 0.0692. The van der Waals surface area contributed by atoms with Crippen LogP contribution in [0.15, 0.2) is 23.0 Å². The van der Waals surface area contributed by atoms with Crippen LogP contribution >= 0.6 is 11.6 Å². The summed E-state index contributed by atoms with van der Waals surface area (Å²) in [5, 5.41) is 46.6. The summed E-state index contributed by atoms with van der Waals surface area (Å²) in [6, 6.07) is 0.282. The highest BCUT2D eigenvalue weighted by atomic mass is 35.5. The number of aromatic hydroxyl groups is 1. The Labute approximate surface area is 211 Å². The number of phenols is 1. The molecule has 7 N–H and O–H groups in total. The number of ketones is 2. The van der Waals surface area contributed by atoms with E-state index < -0.39 is 69.7 Å². The van der Waals surface area contributed by atoms with Gasteiger partial charge in [0.05, 0.1) is 16.6 Å². The van der Waals surface area contributed by atoms with E-state index >= 15 is 0 Å². The highest BCUT2D eigenvalue weighted by Gasteiger charge is 2.64. The van der Waals surface area contributed by atoms with Gasteiger partial charge in [0.1, 0.15) is 22.8 Å². The number of carbonyl (C=O) groups is 4. The fourth-order valence-corrected chi connectivity index (χ4v) is 5.83. The third-order valence-corrected chi connectivity index (χ3v) is 7.26. The molecule has 0 bridgehead atoms. The van der Waals surface area contributed by atoms with Gasteiger partial charge in [-0.15, -0.1) is 0 Å². The molecule has 0 spiro atoms. The van der Waals surface area contributed by atoms with Crippen LogP contribution in [-0.2, 0) is 25.6 Å². The normalized spacial score (nSPS) is 27.2. The van der Waals surface area contributed by atoms with Crippen LogP contribution in [-0.4, -0.2) is 74.4 Å². The maximum atomic E-state index is 13.7. The van der Waals surface area contributed by atoms with Crippen LogP contribution in [0.5, 0.6) is 5.75 Å². The zero-order chi connectivity index (χ0) is 26.1. The minimum absolute atomic E-state index is 0. The number of nitrogens with zero attached hydrogens (tertiary/aromatic N) is 1. The highest BCUT2D eigenvalue weighted by molar-refractivity contribution is 6.34. The number of aliphatic hydroxyl groups excluding tert-OH is 2. The summed E-state index contributed by atoms with van der Waals surface area (Å²) < 4.78 is 0. The van der Waals surface area contributed by atoms with Crippen molar-refractivity contribution in [2.24, 2.45) is 17.6 Å². The lowest BCUT2D eigenvalue weighted by Gasteiger charge is -2.50. The van der Waals surface area contributed by atoms with Crippen LogP contribution in [0.25, 0.3) is 5.76 Å². The van der Waals surface area contributed by atoms with Crippen LogP contribution in [0.2, 0.25) is 5.02 Å². The third-order valence-electron chi connectivity index (χ3n) is 6.96. The van der Waals surface area contributed by atoms with Gasteiger partial charge in [-0.05, 0) is 44.5 Å². The molecule has 0 radical (unpaired) electrons. The average molecular weight is 522 g/mol. The zero-order valence-electron chi connectivity index (χ0n) is 19.0. The molecule has 4 atom stereocenters. The molecule has 3 aliphatic rings. The number of halogens is 1. The van der Waals surface area contributed by atoms with Gasteiger partial charge in [0.25, 0.3) is 5.91 Å². The van der Waals surface area contributed by atoms with E-state index in [1.54, 1.807) is 0 Å². The highest BCUT2D eigenvalue weighted by Crippen LogP contribution is 2.53. The molecule has 194 valence electrons. The molecule has 0 saturated heterocycles. The molecule has 1 aromatic rings. The van der Waals surface area contributed by atoms with E-state index in [9.17, 15) is 39.6 Å². The fraction of sp³-hybridized carbons (Fsp3) is 0.417. The number of nitrogens with two attached hydrogens (primary N) is 1. The summed E-state index contributed by atoms with van der Waals surface area (Å²) in [6.45, 7) is 1.20. The van der Waals surface area contributed by atoms with Crippen LogP contribution in [0.1, 0.15) is 31.9 Å². The Morgan fingerprint density at radius 2 is 1.83 bits per heavy atom. The molecule has 0 aromatic heterocycles. The summed E-state index contributed by atoms with van der Waals surface area (Å²) >= 11 is 6.23. The molecule has 1 aromatic carbocycles. The van der Waals surface area contributed by atoms with Gasteiger partial charge in [-0.2, -0.15) is 0 Å². The van der Waals surface area contributed by atoms with Gasteiger partial charge in [0.2, 0.25) is 11.7 Å². The number of anilines is 1. The first-order valence-electron chi connectivity index (χ1n) is 10.7. The first-order chi connectivity index (χ1) is 16.2.